The average Bonchev–Trinajstić information content (AvgIpc) is 2.98. The van der Waals surface area contributed by atoms with E-state index in [9.17, 15) is 4.79 Å². The van der Waals surface area contributed by atoms with Crippen LogP contribution in [0, 0.1) is 0 Å². The predicted molar refractivity (Wildman–Crippen MR) is 97.9 cm³/mol. The van der Waals surface area contributed by atoms with Gasteiger partial charge >= 0.3 is 0 Å². The summed E-state index contributed by atoms with van der Waals surface area (Å²) in [7, 11) is 5.79. The van der Waals surface area contributed by atoms with Crippen molar-refractivity contribution in [2.45, 2.75) is 25.3 Å². The Balaban J connectivity index is 1.75. The first-order valence-electron chi connectivity index (χ1n) is 8.78. The minimum atomic E-state index is -0.0199. The van der Waals surface area contributed by atoms with Crippen LogP contribution in [0.2, 0.25) is 0 Å². The zero-order valence-electron chi connectivity index (χ0n) is 15.2. The van der Waals surface area contributed by atoms with E-state index in [1.165, 1.54) is 0 Å². The molecule has 1 aromatic carbocycles. The molecule has 1 atom stereocenters. The number of hydrogen-bond acceptors (Lipinski definition) is 4. The van der Waals surface area contributed by atoms with Gasteiger partial charge in [0, 0.05) is 24.7 Å². The number of furan rings is 1. The largest absolute Gasteiger partial charge is 0.497 e. The molecule has 2 aromatic rings. The summed E-state index contributed by atoms with van der Waals surface area (Å²) in [5.41, 5.74) is 0.932. The van der Waals surface area contributed by atoms with Gasteiger partial charge in [0.25, 0.3) is 5.91 Å². The normalized spacial score (nSPS) is 18.2. The van der Waals surface area contributed by atoms with Crippen molar-refractivity contribution < 1.29 is 13.9 Å². The lowest BCUT2D eigenvalue weighted by Gasteiger charge is -2.28. The SMILES string of the molecule is COc1ccc(-c2ccc(C(=O)N3CCCCC(N(C)C)C3)o2)cc1. The number of methoxy groups -OCH3 is 1. The Morgan fingerprint density at radius 1 is 1.16 bits per heavy atom. The van der Waals surface area contributed by atoms with Gasteiger partial charge < -0.3 is 19.0 Å². The van der Waals surface area contributed by atoms with Crippen molar-refractivity contribution in [2.75, 3.05) is 34.3 Å². The first kappa shape index (κ1) is 17.5. The number of likely N-dealkylation sites (tertiary alicyclic amines) is 1. The van der Waals surface area contributed by atoms with Gasteiger partial charge in [0.15, 0.2) is 5.76 Å². The van der Waals surface area contributed by atoms with Crippen molar-refractivity contribution in [3.63, 3.8) is 0 Å². The number of amides is 1. The maximum absolute atomic E-state index is 12.9. The van der Waals surface area contributed by atoms with E-state index in [1.807, 2.05) is 35.2 Å². The van der Waals surface area contributed by atoms with Gasteiger partial charge in [-0.15, -0.1) is 0 Å². The van der Waals surface area contributed by atoms with Crippen molar-refractivity contribution >= 4 is 5.91 Å². The minimum Gasteiger partial charge on any atom is -0.497 e. The molecule has 5 nitrogen and oxygen atoms in total. The first-order valence-corrected chi connectivity index (χ1v) is 8.78. The molecule has 3 rings (SSSR count). The molecule has 5 heteroatoms. The molecule has 0 bridgehead atoms. The van der Waals surface area contributed by atoms with Crippen LogP contribution in [-0.2, 0) is 0 Å². The third kappa shape index (κ3) is 4.04. The van der Waals surface area contributed by atoms with Crippen LogP contribution in [0.1, 0.15) is 29.8 Å². The third-order valence-electron chi connectivity index (χ3n) is 4.86. The van der Waals surface area contributed by atoms with Gasteiger partial charge in [-0.05, 0) is 63.3 Å². The Kier molecular flexibility index (Phi) is 5.43. The Morgan fingerprint density at radius 3 is 2.60 bits per heavy atom. The van der Waals surface area contributed by atoms with E-state index in [2.05, 4.69) is 19.0 Å². The van der Waals surface area contributed by atoms with Crippen LogP contribution in [-0.4, -0.2) is 56.0 Å². The van der Waals surface area contributed by atoms with Crippen LogP contribution in [0.4, 0.5) is 0 Å². The van der Waals surface area contributed by atoms with Crippen LogP contribution in [0.15, 0.2) is 40.8 Å². The molecule has 25 heavy (non-hydrogen) atoms. The van der Waals surface area contributed by atoms with Gasteiger partial charge in [0.05, 0.1) is 7.11 Å². The summed E-state index contributed by atoms with van der Waals surface area (Å²) in [5.74, 6) is 1.88. The van der Waals surface area contributed by atoms with Crippen LogP contribution in [0.25, 0.3) is 11.3 Å². The van der Waals surface area contributed by atoms with Gasteiger partial charge in [-0.2, -0.15) is 0 Å². The number of ether oxygens (including phenoxy) is 1. The average molecular weight is 342 g/mol. The standard InChI is InChI=1S/C20H26N2O3/c1-21(2)16-6-4-5-13-22(14-16)20(23)19-12-11-18(25-19)15-7-9-17(24-3)10-8-15/h7-12,16H,4-6,13-14H2,1-3H3. The molecule has 134 valence electrons. The Bertz CT molecular complexity index is 706. The van der Waals surface area contributed by atoms with Crippen molar-refractivity contribution in [1.82, 2.24) is 9.80 Å². The van der Waals surface area contributed by atoms with Gasteiger partial charge in [-0.1, -0.05) is 6.42 Å². The van der Waals surface area contributed by atoms with Gasteiger partial charge in [-0.25, -0.2) is 0 Å². The summed E-state index contributed by atoms with van der Waals surface area (Å²) in [6.07, 6.45) is 3.33. The number of carbonyl (C=O) groups is 1. The maximum Gasteiger partial charge on any atom is 0.289 e. The number of benzene rings is 1. The number of nitrogens with zero attached hydrogens (tertiary/aromatic N) is 2. The molecule has 2 heterocycles. The number of carbonyl (C=O) groups excluding carboxylic acids is 1. The second-order valence-corrected chi connectivity index (χ2v) is 6.76. The molecule has 0 radical (unpaired) electrons. The third-order valence-corrected chi connectivity index (χ3v) is 4.86. The van der Waals surface area contributed by atoms with Crippen LogP contribution < -0.4 is 4.74 Å². The summed E-state index contributed by atoms with van der Waals surface area (Å²) in [5, 5.41) is 0. The smallest absolute Gasteiger partial charge is 0.289 e. The summed E-state index contributed by atoms with van der Waals surface area (Å²) in [6, 6.07) is 11.7. The highest BCUT2D eigenvalue weighted by Gasteiger charge is 2.25. The lowest BCUT2D eigenvalue weighted by atomic mass is 10.1. The highest BCUT2D eigenvalue weighted by molar-refractivity contribution is 5.92. The number of rotatable bonds is 4. The van der Waals surface area contributed by atoms with Crippen molar-refractivity contribution in [1.29, 1.82) is 0 Å². The van der Waals surface area contributed by atoms with Gasteiger partial charge in [0.2, 0.25) is 0 Å². The molecular formula is C20H26N2O3. The summed E-state index contributed by atoms with van der Waals surface area (Å²) in [6.45, 7) is 1.55. The minimum absolute atomic E-state index is 0.0199. The zero-order chi connectivity index (χ0) is 17.8. The number of hydrogen-bond donors (Lipinski definition) is 0. The van der Waals surface area contributed by atoms with E-state index in [1.54, 1.807) is 13.2 Å². The number of likely N-dealkylation sites (N-methyl/N-ethyl adjacent to an activating group) is 1. The highest BCUT2D eigenvalue weighted by Crippen LogP contribution is 2.25. The fourth-order valence-electron chi connectivity index (χ4n) is 3.24. The molecule has 0 aliphatic carbocycles. The van der Waals surface area contributed by atoms with Crippen molar-refractivity contribution in [3.8, 4) is 17.1 Å². The summed E-state index contributed by atoms with van der Waals surface area (Å²) < 4.78 is 11.0. The van der Waals surface area contributed by atoms with E-state index in [0.717, 1.165) is 43.7 Å². The maximum atomic E-state index is 12.9. The van der Waals surface area contributed by atoms with Gasteiger partial charge in [-0.3, -0.25) is 4.79 Å². The van der Waals surface area contributed by atoms with Crippen molar-refractivity contribution in [2.24, 2.45) is 0 Å². The molecule has 1 saturated heterocycles. The Morgan fingerprint density at radius 2 is 1.92 bits per heavy atom. The van der Waals surface area contributed by atoms with E-state index in [-0.39, 0.29) is 5.91 Å². The zero-order valence-corrected chi connectivity index (χ0v) is 15.2. The topological polar surface area (TPSA) is 45.9 Å². The van der Waals surface area contributed by atoms with Crippen molar-refractivity contribution in [3.05, 3.63) is 42.2 Å². The Labute approximate surface area is 149 Å². The molecule has 1 aliphatic rings. The lowest BCUT2D eigenvalue weighted by Crippen LogP contribution is -2.41. The monoisotopic (exact) mass is 342 g/mol. The second kappa shape index (κ2) is 7.74. The molecule has 0 N–H and O–H groups in total. The molecule has 1 unspecified atom stereocenters. The fraction of sp³-hybridized carbons (Fsp3) is 0.450. The molecule has 1 amide bonds. The van der Waals surface area contributed by atoms with E-state index in [4.69, 9.17) is 9.15 Å². The van der Waals surface area contributed by atoms with Gasteiger partial charge in [0.1, 0.15) is 11.5 Å². The highest BCUT2D eigenvalue weighted by atomic mass is 16.5. The molecule has 1 fully saturated rings. The predicted octanol–water partition coefficient (Wildman–Crippen LogP) is 3.51. The van der Waals surface area contributed by atoms with E-state index < -0.39 is 0 Å². The van der Waals surface area contributed by atoms with Crippen LogP contribution in [0.3, 0.4) is 0 Å². The molecule has 1 aromatic heterocycles. The second-order valence-electron chi connectivity index (χ2n) is 6.76. The van der Waals surface area contributed by atoms with E-state index in [0.29, 0.717) is 17.6 Å². The lowest BCUT2D eigenvalue weighted by molar-refractivity contribution is 0.0694. The fourth-order valence-corrected chi connectivity index (χ4v) is 3.24. The quantitative estimate of drug-likeness (QED) is 0.853. The molecule has 0 spiro atoms. The summed E-state index contributed by atoms with van der Waals surface area (Å²) in [4.78, 5) is 17.0. The molecule has 0 saturated carbocycles. The van der Waals surface area contributed by atoms with E-state index >= 15 is 0 Å². The van der Waals surface area contributed by atoms with Crippen LogP contribution >= 0.6 is 0 Å². The molecular weight excluding hydrogens is 316 g/mol. The van der Waals surface area contributed by atoms with Crippen LogP contribution in [0.5, 0.6) is 5.75 Å². The first-order chi connectivity index (χ1) is 12.1. The Hall–Kier alpha value is -2.27. The molecule has 1 aliphatic heterocycles. The summed E-state index contributed by atoms with van der Waals surface area (Å²) >= 11 is 0.